The highest BCUT2D eigenvalue weighted by atomic mass is 32.1. The third kappa shape index (κ3) is 3.27. The Morgan fingerprint density at radius 2 is 2.31 bits per heavy atom. The predicted octanol–water partition coefficient (Wildman–Crippen LogP) is 1.64. The van der Waals surface area contributed by atoms with Crippen LogP contribution in [0.3, 0.4) is 0 Å². The second-order valence-corrected chi connectivity index (χ2v) is 4.04. The summed E-state index contributed by atoms with van der Waals surface area (Å²) >= 11 is 4.83. The molecule has 0 aromatic carbocycles. The summed E-state index contributed by atoms with van der Waals surface area (Å²) in [7, 11) is 0. The van der Waals surface area contributed by atoms with Crippen LogP contribution in [0.1, 0.15) is 18.9 Å². The van der Waals surface area contributed by atoms with E-state index < -0.39 is 5.92 Å². The Bertz CT molecular complexity index is 389. The SMILES string of the molecule is CCC(C(=O)Nc1ccc(C)cn1)C(N)=S. The maximum atomic E-state index is 11.8. The fraction of sp³-hybridized carbons (Fsp3) is 0.364. The van der Waals surface area contributed by atoms with Gasteiger partial charge in [-0.3, -0.25) is 4.79 Å². The van der Waals surface area contributed by atoms with Crippen molar-refractivity contribution in [3.63, 3.8) is 0 Å². The van der Waals surface area contributed by atoms with E-state index in [1.807, 2.05) is 19.9 Å². The van der Waals surface area contributed by atoms with Crippen LogP contribution in [0, 0.1) is 12.8 Å². The first-order chi connectivity index (χ1) is 7.54. The van der Waals surface area contributed by atoms with E-state index in [1.54, 1.807) is 12.3 Å². The van der Waals surface area contributed by atoms with Crippen LogP contribution in [-0.2, 0) is 4.79 Å². The van der Waals surface area contributed by atoms with Gasteiger partial charge in [0.05, 0.1) is 10.9 Å². The molecule has 1 aromatic rings. The van der Waals surface area contributed by atoms with Gasteiger partial charge in [0.1, 0.15) is 5.82 Å². The number of nitrogens with zero attached hydrogens (tertiary/aromatic N) is 1. The fourth-order valence-corrected chi connectivity index (χ4v) is 1.54. The first kappa shape index (κ1) is 12.6. The highest BCUT2D eigenvalue weighted by molar-refractivity contribution is 7.80. The maximum absolute atomic E-state index is 11.8. The fourth-order valence-electron chi connectivity index (χ4n) is 1.27. The lowest BCUT2D eigenvalue weighted by Gasteiger charge is -2.12. The van der Waals surface area contributed by atoms with Gasteiger partial charge in [0, 0.05) is 6.20 Å². The van der Waals surface area contributed by atoms with Gasteiger partial charge in [-0.2, -0.15) is 0 Å². The van der Waals surface area contributed by atoms with E-state index in [1.165, 1.54) is 0 Å². The van der Waals surface area contributed by atoms with Crippen LogP contribution in [-0.4, -0.2) is 15.9 Å². The molecule has 1 unspecified atom stereocenters. The molecule has 86 valence electrons. The third-order valence-corrected chi connectivity index (χ3v) is 2.52. The van der Waals surface area contributed by atoms with Crippen molar-refractivity contribution in [3.8, 4) is 0 Å². The molecule has 16 heavy (non-hydrogen) atoms. The Balaban J connectivity index is 2.70. The van der Waals surface area contributed by atoms with Gasteiger partial charge >= 0.3 is 0 Å². The molecule has 0 spiro atoms. The van der Waals surface area contributed by atoms with Crippen molar-refractivity contribution >= 4 is 28.9 Å². The molecule has 5 heteroatoms. The minimum Gasteiger partial charge on any atom is -0.393 e. The molecule has 1 heterocycles. The molecule has 0 radical (unpaired) electrons. The molecule has 0 fully saturated rings. The zero-order valence-electron chi connectivity index (χ0n) is 9.36. The predicted molar refractivity (Wildman–Crippen MR) is 68.2 cm³/mol. The molecule has 3 N–H and O–H groups in total. The number of nitrogens with one attached hydrogen (secondary N) is 1. The van der Waals surface area contributed by atoms with E-state index in [0.29, 0.717) is 12.2 Å². The standard InChI is InChI=1S/C11H15N3OS/c1-3-8(10(12)16)11(15)14-9-5-4-7(2)6-13-9/h4-6,8H,3H2,1-2H3,(H2,12,16)(H,13,14,15). The summed E-state index contributed by atoms with van der Waals surface area (Å²) in [6, 6.07) is 3.63. The summed E-state index contributed by atoms with van der Waals surface area (Å²) in [4.78, 5) is 16.0. The Morgan fingerprint density at radius 3 is 2.75 bits per heavy atom. The first-order valence-corrected chi connectivity index (χ1v) is 5.48. The van der Waals surface area contributed by atoms with E-state index in [2.05, 4.69) is 10.3 Å². The second-order valence-electron chi connectivity index (χ2n) is 3.57. The minimum atomic E-state index is -0.432. The quantitative estimate of drug-likeness (QED) is 0.781. The number of nitrogens with two attached hydrogens (primary N) is 1. The normalized spacial score (nSPS) is 11.9. The van der Waals surface area contributed by atoms with Gasteiger partial charge in [0.15, 0.2) is 0 Å². The summed E-state index contributed by atoms with van der Waals surface area (Å²) in [6.07, 6.45) is 2.28. The third-order valence-electron chi connectivity index (χ3n) is 2.23. The Labute approximate surface area is 100 Å². The molecule has 0 aliphatic rings. The zero-order valence-corrected chi connectivity index (χ0v) is 10.2. The Hall–Kier alpha value is -1.49. The van der Waals surface area contributed by atoms with E-state index in [-0.39, 0.29) is 10.9 Å². The topological polar surface area (TPSA) is 68.0 Å². The summed E-state index contributed by atoms with van der Waals surface area (Å²) < 4.78 is 0. The molecule has 1 aromatic heterocycles. The van der Waals surface area contributed by atoms with E-state index in [0.717, 1.165) is 5.56 Å². The summed E-state index contributed by atoms with van der Waals surface area (Å²) in [5, 5.41) is 2.68. The number of hydrogen-bond acceptors (Lipinski definition) is 3. The van der Waals surface area contributed by atoms with Gasteiger partial charge in [0.2, 0.25) is 5.91 Å². The number of amides is 1. The lowest BCUT2D eigenvalue weighted by Crippen LogP contribution is -2.32. The number of carbonyl (C=O) groups excluding carboxylic acids is 1. The molecule has 0 aliphatic heterocycles. The molecule has 4 nitrogen and oxygen atoms in total. The van der Waals surface area contributed by atoms with Crippen LogP contribution in [0.4, 0.5) is 5.82 Å². The van der Waals surface area contributed by atoms with Crippen molar-refractivity contribution in [3.05, 3.63) is 23.9 Å². The van der Waals surface area contributed by atoms with Gasteiger partial charge in [-0.15, -0.1) is 0 Å². The van der Waals surface area contributed by atoms with E-state index in [4.69, 9.17) is 18.0 Å². The molecular weight excluding hydrogens is 222 g/mol. The highest BCUT2D eigenvalue weighted by Crippen LogP contribution is 2.09. The van der Waals surface area contributed by atoms with Crippen molar-refractivity contribution in [1.29, 1.82) is 0 Å². The zero-order chi connectivity index (χ0) is 12.1. The number of aromatic nitrogens is 1. The number of aryl methyl sites for hydroxylation is 1. The molecule has 0 saturated heterocycles. The Morgan fingerprint density at radius 1 is 1.62 bits per heavy atom. The van der Waals surface area contributed by atoms with E-state index >= 15 is 0 Å². The van der Waals surface area contributed by atoms with Crippen LogP contribution < -0.4 is 11.1 Å². The number of thiocarbonyl (C=S) groups is 1. The maximum Gasteiger partial charge on any atom is 0.235 e. The monoisotopic (exact) mass is 237 g/mol. The van der Waals surface area contributed by atoms with Crippen LogP contribution in [0.15, 0.2) is 18.3 Å². The van der Waals surface area contributed by atoms with Crippen LogP contribution in [0.5, 0.6) is 0 Å². The summed E-state index contributed by atoms with van der Waals surface area (Å²) in [6.45, 7) is 3.80. The average molecular weight is 237 g/mol. The molecule has 0 aliphatic carbocycles. The molecule has 1 amide bonds. The molecule has 0 saturated carbocycles. The molecular formula is C11H15N3OS. The summed E-state index contributed by atoms with van der Waals surface area (Å²) in [5.41, 5.74) is 6.52. The smallest absolute Gasteiger partial charge is 0.235 e. The second kappa shape index (κ2) is 5.55. The van der Waals surface area contributed by atoms with Crippen molar-refractivity contribution in [2.24, 2.45) is 11.7 Å². The number of pyridine rings is 1. The lowest BCUT2D eigenvalue weighted by molar-refractivity contribution is -0.118. The minimum absolute atomic E-state index is 0.202. The molecule has 1 atom stereocenters. The van der Waals surface area contributed by atoms with Crippen LogP contribution in [0.25, 0.3) is 0 Å². The highest BCUT2D eigenvalue weighted by Gasteiger charge is 2.19. The van der Waals surface area contributed by atoms with Crippen LogP contribution in [0.2, 0.25) is 0 Å². The van der Waals surface area contributed by atoms with Crippen molar-refractivity contribution in [1.82, 2.24) is 4.98 Å². The first-order valence-electron chi connectivity index (χ1n) is 5.07. The van der Waals surface area contributed by atoms with Gasteiger partial charge < -0.3 is 11.1 Å². The molecule has 1 rings (SSSR count). The van der Waals surface area contributed by atoms with Crippen molar-refractivity contribution in [2.75, 3.05) is 5.32 Å². The van der Waals surface area contributed by atoms with Gasteiger partial charge in [-0.25, -0.2) is 4.98 Å². The number of carbonyl (C=O) groups is 1. The van der Waals surface area contributed by atoms with Gasteiger partial charge in [-0.05, 0) is 25.0 Å². The van der Waals surface area contributed by atoms with E-state index in [9.17, 15) is 4.79 Å². The number of hydrogen-bond donors (Lipinski definition) is 2. The summed E-state index contributed by atoms with van der Waals surface area (Å²) in [5.74, 6) is -0.116. The number of rotatable bonds is 4. The molecule has 0 bridgehead atoms. The van der Waals surface area contributed by atoms with Gasteiger partial charge in [-0.1, -0.05) is 25.2 Å². The lowest BCUT2D eigenvalue weighted by atomic mass is 10.1. The average Bonchev–Trinajstić information content (AvgIpc) is 2.22. The van der Waals surface area contributed by atoms with Crippen LogP contribution >= 0.6 is 12.2 Å². The van der Waals surface area contributed by atoms with Crippen molar-refractivity contribution < 1.29 is 4.79 Å². The Kier molecular flexibility index (Phi) is 4.37. The number of anilines is 1. The van der Waals surface area contributed by atoms with Gasteiger partial charge in [0.25, 0.3) is 0 Å². The van der Waals surface area contributed by atoms with Crippen molar-refractivity contribution in [2.45, 2.75) is 20.3 Å². The largest absolute Gasteiger partial charge is 0.393 e.